The van der Waals surface area contributed by atoms with Crippen molar-refractivity contribution in [3.05, 3.63) is 54.1 Å². The van der Waals surface area contributed by atoms with E-state index in [1.54, 1.807) is 24.3 Å². The van der Waals surface area contributed by atoms with Crippen LogP contribution in [0.15, 0.2) is 48.5 Å². The summed E-state index contributed by atoms with van der Waals surface area (Å²) in [5.74, 6) is 1.34. The van der Waals surface area contributed by atoms with Crippen LogP contribution in [0.5, 0.6) is 5.75 Å². The number of nitrogens with one attached hydrogen (secondary N) is 2. The van der Waals surface area contributed by atoms with E-state index in [4.69, 9.17) is 17.0 Å². The highest BCUT2D eigenvalue weighted by atomic mass is 32.1. The molecule has 1 aliphatic rings. The number of unbranched alkanes of at least 4 members (excludes halogenated alkanes) is 1. The van der Waals surface area contributed by atoms with E-state index >= 15 is 0 Å². The Labute approximate surface area is 184 Å². The van der Waals surface area contributed by atoms with Crippen molar-refractivity contribution in [3.63, 3.8) is 0 Å². The summed E-state index contributed by atoms with van der Waals surface area (Å²) in [6, 6.07) is 15.3. The predicted octanol–water partition coefficient (Wildman–Crippen LogP) is 5.23. The summed E-state index contributed by atoms with van der Waals surface area (Å²) in [5, 5.41) is 6.09. The molecule has 0 radical (unpaired) electrons. The van der Waals surface area contributed by atoms with Gasteiger partial charge in [-0.2, -0.15) is 0 Å². The average molecular weight is 426 g/mol. The molecule has 1 saturated heterocycles. The van der Waals surface area contributed by atoms with E-state index in [-0.39, 0.29) is 11.0 Å². The van der Waals surface area contributed by atoms with E-state index in [1.165, 1.54) is 18.5 Å². The van der Waals surface area contributed by atoms with Crippen molar-refractivity contribution in [2.75, 3.05) is 29.9 Å². The lowest BCUT2D eigenvalue weighted by atomic mass is 9.99. The van der Waals surface area contributed by atoms with Crippen LogP contribution in [0.4, 0.5) is 11.4 Å². The number of benzene rings is 2. The lowest BCUT2D eigenvalue weighted by molar-refractivity contribution is 0.0977. The van der Waals surface area contributed by atoms with Gasteiger partial charge in [-0.25, -0.2) is 0 Å². The summed E-state index contributed by atoms with van der Waals surface area (Å²) in [7, 11) is 0. The summed E-state index contributed by atoms with van der Waals surface area (Å²) < 4.78 is 5.63. The van der Waals surface area contributed by atoms with Crippen molar-refractivity contribution < 1.29 is 9.53 Å². The normalized spacial score (nSPS) is 14.3. The summed E-state index contributed by atoms with van der Waals surface area (Å²) >= 11 is 5.30. The highest BCUT2D eigenvalue weighted by Crippen LogP contribution is 2.24. The zero-order valence-corrected chi connectivity index (χ0v) is 18.6. The Morgan fingerprint density at radius 2 is 1.77 bits per heavy atom. The van der Waals surface area contributed by atoms with Crippen LogP contribution in [0, 0.1) is 5.92 Å². The Morgan fingerprint density at radius 1 is 1.10 bits per heavy atom. The maximum absolute atomic E-state index is 12.4. The highest BCUT2D eigenvalue weighted by Gasteiger charge is 2.16. The third-order valence-electron chi connectivity index (χ3n) is 5.38. The first kappa shape index (κ1) is 22.1. The second kappa shape index (κ2) is 11.0. The number of hydrogen-bond acceptors (Lipinski definition) is 4. The maximum Gasteiger partial charge on any atom is 0.257 e. The second-order valence-corrected chi connectivity index (χ2v) is 8.26. The van der Waals surface area contributed by atoms with Gasteiger partial charge < -0.3 is 15.0 Å². The van der Waals surface area contributed by atoms with E-state index in [0.717, 1.165) is 43.3 Å². The number of thiocarbonyl (C=S) groups is 1. The smallest absolute Gasteiger partial charge is 0.257 e. The van der Waals surface area contributed by atoms with Gasteiger partial charge in [0.15, 0.2) is 5.11 Å². The van der Waals surface area contributed by atoms with E-state index in [9.17, 15) is 4.79 Å². The number of hydrogen-bond donors (Lipinski definition) is 2. The molecule has 30 heavy (non-hydrogen) atoms. The lowest BCUT2D eigenvalue weighted by Crippen LogP contribution is -2.34. The number of carbonyl (C=O) groups excluding carboxylic acids is 1. The molecule has 3 rings (SSSR count). The van der Waals surface area contributed by atoms with Crippen molar-refractivity contribution >= 4 is 34.6 Å². The molecule has 0 aliphatic carbocycles. The number of nitrogens with zero attached hydrogens (tertiary/aromatic N) is 1. The fourth-order valence-corrected chi connectivity index (χ4v) is 3.61. The van der Waals surface area contributed by atoms with Gasteiger partial charge >= 0.3 is 0 Å². The molecule has 0 bridgehead atoms. The van der Waals surface area contributed by atoms with Crippen LogP contribution >= 0.6 is 12.2 Å². The predicted molar refractivity (Wildman–Crippen MR) is 128 cm³/mol. The Balaban J connectivity index is 1.48. The quantitative estimate of drug-likeness (QED) is 0.470. The van der Waals surface area contributed by atoms with E-state index in [0.29, 0.717) is 12.2 Å². The van der Waals surface area contributed by atoms with Crippen LogP contribution in [-0.4, -0.2) is 30.7 Å². The van der Waals surface area contributed by atoms with Crippen LogP contribution < -0.4 is 20.3 Å². The molecule has 6 heteroatoms. The lowest BCUT2D eigenvalue weighted by Gasteiger charge is -2.32. The molecule has 2 aromatic rings. The molecule has 5 nitrogen and oxygen atoms in total. The molecule has 2 N–H and O–H groups in total. The van der Waals surface area contributed by atoms with Crippen LogP contribution in [0.25, 0.3) is 0 Å². The van der Waals surface area contributed by atoms with Gasteiger partial charge in [-0.05, 0) is 85.9 Å². The van der Waals surface area contributed by atoms with Gasteiger partial charge in [0.1, 0.15) is 5.75 Å². The third kappa shape index (κ3) is 6.46. The molecule has 1 aliphatic heterocycles. The van der Waals surface area contributed by atoms with Crippen LogP contribution in [0.3, 0.4) is 0 Å². The summed E-state index contributed by atoms with van der Waals surface area (Å²) in [4.78, 5) is 14.8. The molecule has 1 fully saturated rings. The zero-order valence-electron chi connectivity index (χ0n) is 17.8. The standard InChI is InChI=1S/C24H31N3O2S/c1-3-4-17-29-22-11-5-19(6-12-22)23(28)26-24(30)25-20-7-9-21(10-8-20)27-15-13-18(2)14-16-27/h5-12,18H,3-4,13-17H2,1-2H3,(H2,25,26,28,30). The largest absolute Gasteiger partial charge is 0.494 e. The number of piperidine rings is 1. The van der Waals surface area contributed by atoms with Gasteiger partial charge in [0.2, 0.25) is 0 Å². The molecular weight excluding hydrogens is 394 g/mol. The van der Waals surface area contributed by atoms with Crippen molar-refractivity contribution in [3.8, 4) is 5.75 Å². The van der Waals surface area contributed by atoms with E-state index in [2.05, 4.69) is 41.5 Å². The van der Waals surface area contributed by atoms with Gasteiger partial charge in [-0.1, -0.05) is 20.3 Å². The average Bonchev–Trinajstić information content (AvgIpc) is 2.75. The fourth-order valence-electron chi connectivity index (χ4n) is 3.40. The molecule has 1 heterocycles. The molecule has 0 atom stereocenters. The molecule has 2 aromatic carbocycles. The third-order valence-corrected chi connectivity index (χ3v) is 5.59. The molecule has 0 saturated carbocycles. The van der Waals surface area contributed by atoms with Gasteiger partial charge in [-0.15, -0.1) is 0 Å². The van der Waals surface area contributed by atoms with Crippen LogP contribution in [0.1, 0.15) is 49.9 Å². The van der Waals surface area contributed by atoms with Crippen molar-refractivity contribution in [1.82, 2.24) is 5.32 Å². The Bertz CT molecular complexity index is 829. The number of rotatable bonds is 7. The Hall–Kier alpha value is -2.60. The van der Waals surface area contributed by atoms with Crippen molar-refractivity contribution in [2.45, 2.75) is 39.5 Å². The molecule has 0 spiro atoms. The van der Waals surface area contributed by atoms with Gasteiger partial charge in [0, 0.05) is 30.0 Å². The SMILES string of the molecule is CCCCOc1ccc(C(=O)NC(=S)Nc2ccc(N3CCC(C)CC3)cc2)cc1. The van der Waals surface area contributed by atoms with Crippen LogP contribution in [-0.2, 0) is 0 Å². The molecule has 0 aromatic heterocycles. The molecule has 0 unspecified atom stereocenters. The number of amides is 1. The van der Waals surface area contributed by atoms with Gasteiger partial charge in [-0.3, -0.25) is 10.1 Å². The minimum atomic E-state index is -0.244. The Morgan fingerprint density at radius 3 is 2.40 bits per heavy atom. The summed E-state index contributed by atoms with van der Waals surface area (Å²) in [5.41, 5.74) is 2.62. The fraction of sp³-hybridized carbons (Fsp3) is 0.417. The van der Waals surface area contributed by atoms with Crippen molar-refractivity contribution in [2.24, 2.45) is 5.92 Å². The second-order valence-electron chi connectivity index (χ2n) is 7.85. The minimum Gasteiger partial charge on any atom is -0.494 e. The highest BCUT2D eigenvalue weighted by molar-refractivity contribution is 7.80. The first-order valence-corrected chi connectivity index (χ1v) is 11.2. The molecule has 160 valence electrons. The number of ether oxygens (including phenoxy) is 1. The monoisotopic (exact) mass is 425 g/mol. The Kier molecular flexibility index (Phi) is 8.08. The van der Waals surface area contributed by atoms with E-state index in [1.807, 2.05) is 12.1 Å². The first-order valence-electron chi connectivity index (χ1n) is 10.8. The number of carbonyl (C=O) groups is 1. The van der Waals surface area contributed by atoms with Crippen molar-refractivity contribution in [1.29, 1.82) is 0 Å². The molecular formula is C24H31N3O2S. The van der Waals surface area contributed by atoms with E-state index < -0.39 is 0 Å². The van der Waals surface area contributed by atoms with Gasteiger partial charge in [0.25, 0.3) is 5.91 Å². The molecule has 1 amide bonds. The maximum atomic E-state index is 12.4. The first-order chi connectivity index (χ1) is 14.5. The summed E-state index contributed by atoms with van der Waals surface area (Å²) in [6.45, 7) is 7.33. The minimum absolute atomic E-state index is 0.244. The van der Waals surface area contributed by atoms with Gasteiger partial charge in [0.05, 0.1) is 6.61 Å². The zero-order chi connectivity index (χ0) is 21.3. The topological polar surface area (TPSA) is 53.6 Å². The summed E-state index contributed by atoms with van der Waals surface area (Å²) in [6.07, 6.45) is 4.58. The van der Waals surface area contributed by atoms with Crippen LogP contribution in [0.2, 0.25) is 0 Å². The number of anilines is 2.